The van der Waals surface area contributed by atoms with Crippen LogP contribution < -0.4 is 0 Å². The molecule has 0 bridgehead atoms. The van der Waals surface area contributed by atoms with E-state index in [1.54, 1.807) is 22.4 Å². The fourth-order valence-corrected chi connectivity index (χ4v) is 2.78. The van der Waals surface area contributed by atoms with E-state index in [4.69, 9.17) is 4.84 Å². The minimum atomic E-state index is 0.0368. The fraction of sp³-hybridized carbons (Fsp3) is 0.692. The summed E-state index contributed by atoms with van der Waals surface area (Å²) >= 11 is 1.58. The quantitative estimate of drug-likeness (QED) is 0.830. The zero-order valence-corrected chi connectivity index (χ0v) is 12.4. The van der Waals surface area contributed by atoms with Crippen molar-refractivity contribution in [3.8, 4) is 0 Å². The molecule has 2 rings (SSSR count). The van der Waals surface area contributed by atoms with Crippen LogP contribution >= 0.6 is 11.3 Å². The molecule has 0 N–H and O–H groups in total. The Labute approximate surface area is 118 Å². The van der Waals surface area contributed by atoms with E-state index in [0.29, 0.717) is 13.0 Å². The lowest BCUT2D eigenvalue weighted by atomic mass is 10.2. The summed E-state index contributed by atoms with van der Waals surface area (Å²) < 4.78 is 0. The Hall–Kier alpha value is -0.980. The minimum Gasteiger partial charge on any atom is -0.337 e. The molecule has 1 atom stereocenters. The van der Waals surface area contributed by atoms with Crippen LogP contribution in [-0.4, -0.2) is 47.6 Å². The maximum atomic E-state index is 12.1. The van der Waals surface area contributed by atoms with Gasteiger partial charge in [-0.3, -0.25) is 9.63 Å². The molecule has 1 saturated heterocycles. The van der Waals surface area contributed by atoms with Crippen LogP contribution in [-0.2, 0) is 9.63 Å². The first kappa shape index (κ1) is 14.4. The van der Waals surface area contributed by atoms with E-state index in [1.165, 1.54) is 0 Å². The molecular formula is C13H21N3O2S. The van der Waals surface area contributed by atoms with E-state index in [9.17, 15) is 4.79 Å². The second-order valence-electron chi connectivity index (χ2n) is 4.77. The largest absolute Gasteiger partial charge is 0.337 e. The molecule has 0 saturated carbocycles. The van der Waals surface area contributed by atoms with Crippen molar-refractivity contribution in [3.05, 3.63) is 16.6 Å². The van der Waals surface area contributed by atoms with Crippen LogP contribution in [0, 0.1) is 0 Å². The minimum absolute atomic E-state index is 0.0368. The van der Waals surface area contributed by atoms with Gasteiger partial charge in [-0.1, -0.05) is 0 Å². The lowest BCUT2D eigenvalue weighted by Gasteiger charge is -2.28. The van der Waals surface area contributed by atoms with Crippen molar-refractivity contribution in [2.75, 3.05) is 26.7 Å². The Kier molecular flexibility index (Phi) is 5.30. The molecule has 0 aromatic carbocycles. The van der Waals surface area contributed by atoms with Crippen molar-refractivity contribution in [2.24, 2.45) is 0 Å². The van der Waals surface area contributed by atoms with Crippen molar-refractivity contribution in [3.63, 3.8) is 0 Å². The van der Waals surface area contributed by atoms with Gasteiger partial charge in [-0.05, 0) is 19.8 Å². The van der Waals surface area contributed by atoms with E-state index in [-0.39, 0.29) is 11.9 Å². The summed E-state index contributed by atoms with van der Waals surface area (Å²) in [6.07, 6.45) is 4.54. The Morgan fingerprint density at radius 2 is 2.47 bits per heavy atom. The molecule has 2 heterocycles. The third kappa shape index (κ3) is 3.99. The lowest BCUT2D eigenvalue weighted by molar-refractivity contribution is -0.182. The summed E-state index contributed by atoms with van der Waals surface area (Å²) in [6.45, 7) is 4.39. The number of hydrogen-bond donors (Lipinski definition) is 0. The molecule has 1 fully saturated rings. The van der Waals surface area contributed by atoms with E-state index >= 15 is 0 Å². The number of hydroxylamine groups is 2. The first-order valence-electron chi connectivity index (χ1n) is 6.71. The summed E-state index contributed by atoms with van der Waals surface area (Å²) in [7, 11) is 1.84. The monoisotopic (exact) mass is 283 g/mol. The number of hydrogen-bond acceptors (Lipinski definition) is 5. The average Bonchev–Trinajstić information content (AvgIpc) is 2.98. The Morgan fingerprint density at radius 1 is 1.63 bits per heavy atom. The van der Waals surface area contributed by atoms with E-state index in [1.807, 2.05) is 24.4 Å². The number of aromatic nitrogens is 1. The molecule has 5 nitrogen and oxygen atoms in total. The second kappa shape index (κ2) is 6.98. The number of thiazole rings is 1. The van der Waals surface area contributed by atoms with Crippen LogP contribution in [0.5, 0.6) is 0 Å². The van der Waals surface area contributed by atoms with Crippen molar-refractivity contribution in [1.82, 2.24) is 14.9 Å². The predicted molar refractivity (Wildman–Crippen MR) is 74.7 cm³/mol. The van der Waals surface area contributed by atoms with Crippen molar-refractivity contribution in [1.29, 1.82) is 0 Å². The van der Waals surface area contributed by atoms with Gasteiger partial charge in [0, 0.05) is 38.1 Å². The van der Waals surface area contributed by atoms with E-state index < -0.39 is 0 Å². The molecule has 19 heavy (non-hydrogen) atoms. The van der Waals surface area contributed by atoms with E-state index in [0.717, 1.165) is 31.0 Å². The van der Waals surface area contributed by atoms with Crippen LogP contribution in [0.1, 0.15) is 37.2 Å². The van der Waals surface area contributed by atoms with Gasteiger partial charge in [-0.2, -0.15) is 5.06 Å². The van der Waals surface area contributed by atoms with Crippen molar-refractivity contribution >= 4 is 17.2 Å². The molecule has 106 valence electrons. The molecular weight excluding hydrogens is 262 g/mol. The maximum Gasteiger partial charge on any atom is 0.224 e. The van der Waals surface area contributed by atoms with Crippen molar-refractivity contribution in [2.45, 2.75) is 32.2 Å². The molecule has 1 unspecified atom stereocenters. The zero-order valence-electron chi connectivity index (χ0n) is 11.5. The maximum absolute atomic E-state index is 12.1. The molecule has 6 heteroatoms. The Balaban J connectivity index is 1.78. The van der Waals surface area contributed by atoms with Gasteiger partial charge in [0.1, 0.15) is 5.01 Å². The van der Waals surface area contributed by atoms with Gasteiger partial charge in [-0.15, -0.1) is 11.3 Å². The molecule has 1 aliphatic rings. The standard InChI is InChI=1S/C13H21N3O2S/c1-11(13-14-6-10-19-13)15(2)12(17)5-8-16-7-3-4-9-18-16/h6,10-11H,3-5,7-9H2,1-2H3. The molecule has 0 radical (unpaired) electrons. The van der Waals surface area contributed by atoms with Crippen molar-refractivity contribution < 1.29 is 9.63 Å². The van der Waals surface area contributed by atoms with E-state index in [2.05, 4.69) is 4.98 Å². The molecule has 0 aliphatic carbocycles. The van der Waals surface area contributed by atoms with Gasteiger partial charge in [0.2, 0.25) is 5.91 Å². The number of carbonyl (C=O) groups is 1. The SMILES string of the molecule is CC(c1nccs1)N(C)C(=O)CCN1CCCCO1. The lowest BCUT2D eigenvalue weighted by Crippen LogP contribution is -2.36. The van der Waals surface area contributed by atoms with Gasteiger partial charge in [0.15, 0.2) is 0 Å². The first-order chi connectivity index (χ1) is 9.18. The molecule has 1 aromatic heterocycles. The van der Waals surface area contributed by atoms with Gasteiger partial charge >= 0.3 is 0 Å². The van der Waals surface area contributed by atoms with Gasteiger partial charge in [0.25, 0.3) is 0 Å². The first-order valence-corrected chi connectivity index (χ1v) is 7.59. The van der Waals surface area contributed by atoms with Crippen LogP contribution in [0.25, 0.3) is 0 Å². The summed E-state index contributed by atoms with van der Waals surface area (Å²) in [6, 6.07) is 0.0368. The Bertz CT molecular complexity index is 391. The number of amides is 1. The average molecular weight is 283 g/mol. The highest BCUT2D eigenvalue weighted by Crippen LogP contribution is 2.21. The topological polar surface area (TPSA) is 45.7 Å². The summed E-state index contributed by atoms with van der Waals surface area (Å²) in [5, 5.41) is 4.82. The third-order valence-corrected chi connectivity index (χ3v) is 4.38. The summed E-state index contributed by atoms with van der Waals surface area (Å²) in [4.78, 5) is 23.7. The smallest absolute Gasteiger partial charge is 0.224 e. The Morgan fingerprint density at radius 3 is 3.11 bits per heavy atom. The molecule has 1 aromatic rings. The summed E-state index contributed by atoms with van der Waals surface area (Å²) in [5.41, 5.74) is 0. The summed E-state index contributed by atoms with van der Waals surface area (Å²) in [5.74, 6) is 0.136. The normalized spacial score (nSPS) is 18.2. The number of carbonyl (C=O) groups excluding carboxylic acids is 1. The third-order valence-electron chi connectivity index (χ3n) is 3.43. The fourth-order valence-electron chi connectivity index (χ4n) is 2.04. The highest BCUT2D eigenvalue weighted by molar-refractivity contribution is 7.09. The highest BCUT2D eigenvalue weighted by atomic mass is 32.1. The zero-order chi connectivity index (χ0) is 13.7. The predicted octanol–water partition coefficient (Wildman–Crippen LogP) is 2.08. The molecule has 0 spiro atoms. The highest BCUT2D eigenvalue weighted by Gasteiger charge is 2.20. The number of rotatable bonds is 5. The van der Waals surface area contributed by atoms with Gasteiger partial charge in [-0.25, -0.2) is 4.98 Å². The molecule has 1 amide bonds. The van der Waals surface area contributed by atoms with Crippen LogP contribution in [0.3, 0.4) is 0 Å². The van der Waals surface area contributed by atoms with Crippen LogP contribution in [0.2, 0.25) is 0 Å². The second-order valence-corrected chi connectivity index (χ2v) is 5.70. The number of nitrogens with zero attached hydrogens (tertiary/aromatic N) is 3. The van der Waals surface area contributed by atoms with Gasteiger partial charge in [0.05, 0.1) is 12.6 Å². The van der Waals surface area contributed by atoms with Crippen LogP contribution in [0.15, 0.2) is 11.6 Å². The van der Waals surface area contributed by atoms with Crippen LogP contribution in [0.4, 0.5) is 0 Å². The molecule has 1 aliphatic heterocycles. The van der Waals surface area contributed by atoms with Gasteiger partial charge < -0.3 is 4.90 Å².